The summed E-state index contributed by atoms with van der Waals surface area (Å²) in [6.07, 6.45) is 0.503. The first-order chi connectivity index (χ1) is 13.5. The van der Waals surface area contributed by atoms with Crippen LogP contribution in [0.25, 0.3) is 10.1 Å². The number of hydrogen-bond donors (Lipinski definition) is 0. The number of Topliss-reactive ketones (excluding diaryl/α,β-unsaturated/α-hetero) is 1. The Hall–Kier alpha value is -1.25. The van der Waals surface area contributed by atoms with Gasteiger partial charge in [0.05, 0.1) is 13.7 Å². The number of piperazine rings is 1. The maximum Gasteiger partial charge on any atom is 0.265 e. The Kier molecular flexibility index (Phi) is 6.18. The molecule has 0 saturated carbocycles. The van der Waals surface area contributed by atoms with Crippen LogP contribution in [-0.4, -0.2) is 54.2 Å². The van der Waals surface area contributed by atoms with Crippen LogP contribution in [0.1, 0.15) is 25.8 Å². The quantitative estimate of drug-likeness (QED) is 0.443. The monoisotopic (exact) mass is 496 g/mol. The maximum absolute atomic E-state index is 12.9. The molecular formula is C20H18BrClN2O2S2. The Balaban J connectivity index is 1.32. The van der Waals surface area contributed by atoms with Crippen LogP contribution in [0.15, 0.2) is 40.2 Å². The number of hydrogen-bond acceptors (Lipinski definition) is 5. The summed E-state index contributed by atoms with van der Waals surface area (Å²) in [4.78, 5) is 30.7. The summed E-state index contributed by atoms with van der Waals surface area (Å²) in [6, 6.07) is 11.6. The van der Waals surface area contributed by atoms with E-state index in [0.717, 1.165) is 38.4 Å². The molecule has 0 atom stereocenters. The fourth-order valence-electron chi connectivity index (χ4n) is 3.32. The van der Waals surface area contributed by atoms with Crippen molar-refractivity contribution in [3.63, 3.8) is 0 Å². The van der Waals surface area contributed by atoms with E-state index in [4.69, 9.17) is 11.6 Å². The van der Waals surface area contributed by atoms with E-state index in [1.165, 1.54) is 22.7 Å². The predicted octanol–water partition coefficient (Wildman–Crippen LogP) is 5.41. The molecule has 0 unspecified atom stereocenters. The van der Waals surface area contributed by atoms with Crippen LogP contribution in [0.5, 0.6) is 0 Å². The van der Waals surface area contributed by atoms with Crippen LogP contribution in [0.2, 0.25) is 5.02 Å². The second kappa shape index (κ2) is 8.63. The smallest absolute Gasteiger partial charge is 0.265 e. The number of amides is 1. The summed E-state index contributed by atoms with van der Waals surface area (Å²) in [7, 11) is 0. The van der Waals surface area contributed by atoms with Crippen LogP contribution in [-0.2, 0) is 0 Å². The molecule has 3 heterocycles. The largest absolute Gasteiger partial charge is 0.335 e. The van der Waals surface area contributed by atoms with Gasteiger partial charge in [-0.3, -0.25) is 14.5 Å². The molecule has 1 aliphatic heterocycles. The summed E-state index contributed by atoms with van der Waals surface area (Å²) in [5.41, 5.74) is 0. The molecule has 3 aromatic rings. The number of carbonyl (C=O) groups is 2. The number of rotatable bonds is 5. The van der Waals surface area contributed by atoms with E-state index in [9.17, 15) is 9.59 Å². The van der Waals surface area contributed by atoms with Gasteiger partial charge in [0.15, 0.2) is 5.78 Å². The third-order valence-electron chi connectivity index (χ3n) is 4.89. The van der Waals surface area contributed by atoms with E-state index >= 15 is 0 Å². The van der Waals surface area contributed by atoms with Crippen molar-refractivity contribution in [2.45, 2.75) is 6.42 Å². The Bertz CT molecular complexity index is 1020. The van der Waals surface area contributed by atoms with E-state index in [0.29, 0.717) is 29.4 Å². The average Bonchev–Trinajstić information content (AvgIpc) is 3.30. The molecular weight excluding hydrogens is 480 g/mol. The van der Waals surface area contributed by atoms with Gasteiger partial charge in [-0.25, -0.2) is 0 Å². The third kappa shape index (κ3) is 4.19. The van der Waals surface area contributed by atoms with Crippen molar-refractivity contribution < 1.29 is 9.59 Å². The number of ketones is 1. The highest BCUT2D eigenvalue weighted by molar-refractivity contribution is 9.11. The Morgan fingerprint density at radius 2 is 1.79 bits per heavy atom. The molecule has 4 nitrogen and oxygen atoms in total. The van der Waals surface area contributed by atoms with Crippen LogP contribution < -0.4 is 0 Å². The topological polar surface area (TPSA) is 40.6 Å². The maximum atomic E-state index is 12.9. The first kappa shape index (κ1) is 20.0. The SMILES string of the molecule is O=C(CCN1CCN(C(=O)c2sc3ccccc3c2Cl)CC1)c1ccc(Br)s1. The van der Waals surface area contributed by atoms with Crippen molar-refractivity contribution in [3.8, 4) is 0 Å². The lowest BCUT2D eigenvalue weighted by Crippen LogP contribution is -2.48. The molecule has 4 rings (SSSR count). The standard InChI is InChI=1S/C20H18BrClN2O2S2/c21-17-6-5-16(27-17)14(25)7-8-23-9-11-24(12-10-23)20(26)19-18(22)13-3-1-2-4-15(13)28-19/h1-6H,7-12H2. The third-order valence-corrected chi connectivity index (χ3v) is 8.22. The molecule has 146 valence electrons. The lowest BCUT2D eigenvalue weighted by molar-refractivity contribution is 0.0633. The highest BCUT2D eigenvalue weighted by Crippen LogP contribution is 2.36. The minimum Gasteiger partial charge on any atom is -0.335 e. The molecule has 0 spiro atoms. The highest BCUT2D eigenvalue weighted by Gasteiger charge is 2.26. The minimum atomic E-state index is 0.00496. The first-order valence-electron chi connectivity index (χ1n) is 9.00. The summed E-state index contributed by atoms with van der Waals surface area (Å²) in [6.45, 7) is 3.58. The number of carbonyl (C=O) groups excluding carboxylic acids is 2. The van der Waals surface area contributed by atoms with Gasteiger partial charge < -0.3 is 4.90 Å². The Morgan fingerprint density at radius 3 is 2.46 bits per heavy atom. The molecule has 28 heavy (non-hydrogen) atoms. The lowest BCUT2D eigenvalue weighted by Gasteiger charge is -2.34. The molecule has 8 heteroatoms. The molecule has 1 aliphatic rings. The summed E-state index contributed by atoms with van der Waals surface area (Å²) >= 11 is 12.8. The fourth-order valence-corrected chi connectivity index (χ4v) is 6.15. The van der Waals surface area contributed by atoms with Gasteiger partial charge in [-0.1, -0.05) is 29.8 Å². The van der Waals surface area contributed by atoms with Gasteiger partial charge >= 0.3 is 0 Å². The zero-order valence-corrected chi connectivity index (χ0v) is 19.0. The highest BCUT2D eigenvalue weighted by atomic mass is 79.9. The zero-order valence-electron chi connectivity index (χ0n) is 15.0. The van der Waals surface area contributed by atoms with Gasteiger partial charge in [-0.15, -0.1) is 22.7 Å². The van der Waals surface area contributed by atoms with Crippen molar-refractivity contribution in [1.29, 1.82) is 0 Å². The second-order valence-corrected chi connectivity index (χ2v) is 10.5. The lowest BCUT2D eigenvalue weighted by atomic mass is 10.2. The Morgan fingerprint density at radius 1 is 1.04 bits per heavy atom. The van der Waals surface area contributed by atoms with Crippen LogP contribution in [0.3, 0.4) is 0 Å². The molecule has 0 aliphatic carbocycles. The molecule has 1 fully saturated rings. The van der Waals surface area contributed by atoms with Crippen molar-refractivity contribution in [3.05, 3.63) is 55.0 Å². The molecule has 1 amide bonds. The number of thiophene rings is 2. The average molecular weight is 498 g/mol. The molecule has 0 radical (unpaired) electrons. The molecule has 0 bridgehead atoms. The number of nitrogens with zero attached hydrogens (tertiary/aromatic N) is 2. The molecule has 1 saturated heterocycles. The van der Waals surface area contributed by atoms with E-state index in [1.807, 2.05) is 41.3 Å². The summed E-state index contributed by atoms with van der Waals surface area (Å²) in [5, 5.41) is 1.50. The van der Waals surface area contributed by atoms with Crippen LogP contribution in [0, 0.1) is 0 Å². The summed E-state index contributed by atoms with van der Waals surface area (Å²) < 4.78 is 2.01. The van der Waals surface area contributed by atoms with Gasteiger partial charge in [0.25, 0.3) is 5.91 Å². The van der Waals surface area contributed by atoms with Crippen LogP contribution >= 0.6 is 50.2 Å². The van der Waals surface area contributed by atoms with Crippen LogP contribution in [0.4, 0.5) is 0 Å². The van der Waals surface area contributed by atoms with Crippen molar-refractivity contribution >= 4 is 72.0 Å². The zero-order chi connectivity index (χ0) is 19.7. The molecule has 0 N–H and O–H groups in total. The van der Waals surface area contributed by atoms with Gasteiger partial charge in [0, 0.05) is 49.2 Å². The van der Waals surface area contributed by atoms with Crippen molar-refractivity contribution in [2.75, 3.05) is 32.7 Å². The van der Waals surface area contributed by atoms with Crippen molar-refractivity contribution in [2.24, 2.45) is 0 Å². The second-order valence-electron chi connectivity index (χ2n) is 6.65. The van der Waals surface area contributed by atoms with E-state index in [-0.39, 0.29) is 11.7 Å². The van der Waals surface area contributed by atoms with Crippen molar-refractivity contribution in [1.82, 2.24) is 9.80 Å². The van der Waals surface area contributed by atoms with Gasteiger partial charge in [-0.2, -0.15) is 0 Å². The molecule has 1 aromatic carbocycles. The first-order valence-corrected chi connectivity index (χ1v) is 11.8. The Labute approximate surface area is 184 Å². The van der Waals surface area contributed by atoms with Gasteiger partial charge in [-0.05, 0) is 34.1 Å². The van der Waals surface area contributed by atoms with E-state index in [2.05, 4.69) is 20.8 Å². The summed E-state index contributed by atoms with van der Waals surface area (Å²) in [5.74, 6) is 0.177. The number of fused-ring (bicyclic) bond motifs is 1. The minimum absolute atomic E-state index is 0.00496. The normalized spacial score (nSPS) is 15.3. The predicted molar refractivity (Wildman–Crippen MR) is 120 cm³/mol. The van der Waals surface area contributed by atoms with Gasteiger partial charge in [0.2, 0.25) is 0 Å². The molecule has 2 aromatic heterocycles. The van der Waals surface area contributed by atoms with E-state index in [1.54, 1.807) is 0 Å². The van der Waals surface area contributed by atoms with E-state index < -0.39 is 0 Å². The fraction of sp³-hybridized carbons (Fsp3) is 0.300. The van der Waals surface area contributed by atoms with Gasteiger partial charge in [0.1, 0.15) is 4.88 Å². The number of halogens is 2. The number of benzene rings is 1.